The Morgan fingerprint density at radius 2 is 2.11 bits per heavy atom. The van der Waals surface area contributed by atoms with Crippen LogP contribution in [0.2, 0.25) is 5.15 Å². The smallest absolute Gasteiger partial charge is 0.276 e. The van der Waals surface area contributed by atoms with Gasteiger partial charge in [-0.3, -0.25) is 10.1 Å². The topological polar surface area (TPSA) is 68.1 Å². The van der Waals surface area contributed by atoms with Crippen LogP contribution in [0.3, 0.4) is 0 Å². The predicted octanol–water partition coefficient (Wildman–Crippen LogP) is 3.53. The number of hydrogen-bond donors (Lipinski definition) is 1. The van der Waals surface area contributed by atoms with Gasteiger partial charge >= 0.3 is 0 Å². The standard InChI is InChI=1S/C11H7ClFN3O2/c12-10-5-9(16(17)18)6-11(15-10)14-8-3-1-2-7(13)4-8/h1-6H,(H,14,15). The Bertz CT molecular complexity index is 607. The number of nitrogens with one attached hydrogen (secondary N) is 1. The molecule has 1 aromatic heterocycles. The molecule has 92 valence electrons. The molecular formula is C11H7ClFN3O2. The van der Waals surface area contributed by atoms with Crippen molar-refractivity contribution in [2.24, 2.45) is 0 Å². The maximum atomic E-state index is 13.0. The molecule has 1 heterocycles. The molecule has 1 N–H and O–H groups in total. The second kappa shape index (κ2) is 4.97. The molecule has 0 aliphatic carbocycles. The Labute approximate surface area is 106 Å². The van der Waals surface area contributed by atoms with Crippen LogP contribution in [0, 0.1) is 15.9 Å². The molecule has 0 saturated heterocycles. The number of benzene rings is 1. The van der Waals surface area contributed by atoms with Crippen LogP contribution < -0.4 is 5.32 Å². The van der Waals surface area contributed by atoms with Gasteiger partial charge in [-0.15, -0.1) is 0 Å². The van der Waals surface area contributed by atoms with Crippen LogP contribution in [0.1, 0.15) is 0 Å². The first-order chi connectivity index (χ1) is 8.54. The molecule has 0 saturated carbocycles. The van der Waals surface area contributed by atoms with E-state index in [2.05, 4.69) is 10.3 Å². The molecule has 0 bridgehead atoms. The summed E-state index contributed by atoms with van der Waals surface area (Å²) < 4.78 is 13.0. The van der Waals surface area contributed by atoms with Crippen molar-refractivity contribution in [1.82, 2.24) is 4.98 Å². The highest BCUT2D eigenvalue weighted by Gasteiger charge is 2.10. The zero-order valence-electron chi connectivity index (χ0n) is 8.93. The zero-order valence-corrected chi connectivity index (χ0v) is 9.69. The molecule has 0 unspecified atom stereocenters. The summed E-state index contributed by atoms with van der Waals surface area (Å²) in [5.41, 5.74) is 0.243. The number of aromatic nitrogens is 1. The number of pyridine rings is 1. The number of nitrogens with zero attached hydrogens (tertiary/aromatic N) is 2. The molecule has 0 amide bonds. The highest BCUT2D eigenvalue weighted by molar-refractivity contribution is 6.29. The lowest BCUT2D eigenvalue weighted by molar-refractivity contribution is -0.384. The maximum absolute atomic E-state index is 13.0. The van der Waals surface area contributed by atoms with Crippen molar-refractivity contribution in [2.75, 3.05) is 5.32 Å². The molecule has 0 aliphatic rings. The second-order valence-electron chi connectivity index (χ2n) is 3.43. The molecule has 2 rings (SSSR count). The Balaban J connectivity index is 2.31. The van der Waals surface area contributed by atoms with E-state index in [1.165, 1.54) is 24.3 Å². The van der Waals surface area contributed by atoms with Gasteiger partial charge in [0.05, 0.1) is 17.1 Å². The number of nitro groups is 1. The third-order valence-electron chi connectivity index (χ3n) is 2.09. The van der Waals surface area contributed by atoms with E-state index in [1.54, 1.807) is 6.07 Å². The lowest BCUT2D eigenvalue weighted by Crippen LogP contribution is -1.96. The van der Waals surface area contributed by atoms with Crippen LogP contribution in [-0.4, -0.2) is 9.91 Å². The van der Waals surface area contributed by atoms with Gasteiger partial charge in [0.2, 0.25) is 0 Å². The zero-order chi connectivity index (χ0) is 13.1. The molecule has 5 nitrogen and oxygen atoms in total. The van der Waals surface area contributed by atoms with Crippen molar-refractivity contribution in [3.8, 4) is 0 Å². The number of anilines is 2. The molecule has 0 atom stereocenters. The van der Waals surface area contributed by atoms with Gasteiger partial charge in [0, 0.05) is 5.69 Å². The lowest BCUT2D eigenvalue weighted by Gasteiger charge is -2.05. The van der Waals surface area contributed by atoms with Gasteiger partial charge in [0.25, 0.3) is 5.69 Å². The summed E-state index contributed by atoms with van der Waals surface area (Å²) in [5, 5.41) is 13.4. The highest BCUT2D eigenvalue weighted by atomic mass is 35.5. The van der Waals surface area contributed by atoms with Gasteiger partial charge in [0.15, 0.2) is 0 Å². The van der Waals surface area contributed by atoms with E-state index in [-0.39, 0.29) is 16.7 Å². The summed E-state index contributed by atoms with van der Waals surface area (Å²) in [4.78, 5) is 13.9. The van der Waals surface area contributed by atoms with Crippen molar-refractivity contribution in [1.29, 1.82) is 0 Å². The SMILES string of the molecule is O=[N+]([O-])c1cc(Cl)nc(Nc2cccc(F)c2)c1. The molecule has 18 heavy (non-hydrogen) atoms. The van der Waals surface area contributed by atoms with E-state index in [9.17, 15) is 14.5 Å². The Hall–Kier alpha value is -2.21. The van der Waals surface area contributed by atoms with Gasteiger partial charge in [-0.25, -0.2) is 9.37 Å². The Morgan fingerprint density at radius 3 is 2.78 bits per heavy atom. The van der Waals surface area contributed by atoms with Gasteiger partial charge in [-0.1, -0.05) is 17.7 Å². The van der Waals surface area contributed by atoms with E-state index >= 15 is 0 Å². The average Bonchev–Trinajstić information content (AvgIpc) is 2.28. The molecule has 0 fully saturated rings. The first-order valence-electron chi connectivity index (χ1n) is 4.89. The van der Waals surface area contributed by atoms with Crippen LogP contribution in [0.5, 0.6) is 0 Å². The molecule has 1 aromatic carbocycles. The molecule has 0 aliphatic heterocycles. The molecule has 7 heteroatoms. The average molecular weight is 268 g/mol. The summed E-state index contributed by atoms with van der Waals surface area (Å²) in [6.45, 7) is 0. The largest absolute Gasteiger partial charge is 0.340 e. The van der Waals surface area contributed by atoms with E-state index in [0.717, 1.165) is 6.07 Å². The number of hydrogen-bond acceptors (Lipinski definition) is 4. The normalized spacial score (nSPS) is 10.1. The predicted molar refractivity (Wildman–Crippen MR) is 65.6 cm³/mol. The summed E-state index contributed by atoms with van der Waals surface area (Å²) in [7, 11) is 0. The fourth-order valence-electron chi connectivity index (χ4n) is 1.37. The summed E-state index contributed by atoms with van der Waals surface area (Å²) >= 11 is 5.66. The number of rotatable bonds is 3. The Kier molecular flexibility index (Phi) is 3.38. The van der Waals surface area contributed by atoms with Crippen molar-refractivity contribution < 1.29 is 9.31 Å². The summed E-state index contributed by atoms with van der Waals surface area (Å²) in [6, 6.07) is 8.01. The molecule has 0 spiro atoms. The monoisotopic (exact) mass is 267 g/mol. The van der Waals surface area contributed by atoms with Gasteiger partial charge < -0.3 is 5.32 Å². The van der Waals surface area contributed by atoms with Crippen molar-refractivity contribution in [3.63, 3.8) is 0 Å². The third kappa shape index (κ3) is 2.92. The van der Waals surface area contributed by atoms with Crippen molar-refractivity contribution in [3.05, 3.63) is 57.5 Å². The first kappa shape index (κ1) is 12.3. The van der Waals surface area contributed by atoms with Crippen LogP contribution in [-0.2, 0) is 0 Å². The lowest BCUT2D eigenvalue weighted by atomic mass is 10.3. The second-order valence-corrected chi connectivity index (χ2v) is 3.81. The first-order valence-corrected chi connectivity index (χ1v) is 5.27. The Morgan fingerprint density at radius 1 is 1.33 bits per heavy atom. The maximum Gasteiger partial charge on any atom is 0.276 e. The van der Waals surface area contributed by atoms with Crippen LogP contribution in [0.4, 0.5) is 21.6 Å². The van der Waals surface area contributed by atoms with E-state index < -0.39 is 10.7 Å². The van der Waals surface area contributed by atoms with E-state index in [0.29, 0.717) is 5.69 Å². The number of halogens is 2. The third-order valence-corrected chi connectivity index (χ3v) is 2.28. The summed E-state index contributed by atoms with van der Waals surface area (Å²) in [5.74, 6) is -0.240. The summed E-state index contributed by atoms with van der Waals surface area (Å²) in [6.07, 6.45) is 0. The van der Waals surface area contributed by atoms with Crippen LogP contribution in [0.15, 0.2) is 36.4 Å². The quantitative estimate of drug-likeness (QED) is 0.525. The van der Waals surface area contributed by atoms with Crippen LogP contribution in [0.25, 0.3) is 0 Å². The van der Waals surface area contributed by atoms with Gasteiger partial charge in [-0.05, 0) is 18.2 Å². The van der Waals surface area contributed by atoms with Gasteiger partial charge in [-0.2, -0.15) is 0 Å². The fourth-order valence-corrected chi connectivity index (χ4v) is 1.57. The highest BCUT2D eigenvalue weighted by Crippen LogP contribution is 2.23. The van der Waals surface area contributed by atoms with Crippen LogP contribution >= 0.6 is 11.6 Å². The van der Waals surface area contributed by atoms with Gasteiger partial charge in [0.1, 0.15) is 16.8 Å². The van der Waals surface area contributed by atoms with E-state index in [4.69, 9.17) is 11.6 Å². The molecule has 0 radical (unpaired) electrons. The minimum atomic E-state index is -0.579. The van der Waals surface area contributed by atoms with Crippen molar-refractivity contribution in [2.45, 2.75) is 0 Å². The minimum absolute atomic E-state index is 0.0110. The molecule has 2 aromatic rings. The van der Waals surface area contributed by atoms with Crippen molar-refractivity contribution >= 4 is 28.8 Å². The van der Waals surface area contributed by atoms with E-state index in [1.807, 2.05) is 0 Å². The minimum Gasteiger partial charge on any atom is -0.340 e. The fraction of sp³-hybridized carbons (Fsp3) is 0. The molecular weight excluding hydrogens is 261 g/mol.